The molecule has 0 spiro atoms. The highest BCUT2D eigenvalue weighted by Gasteiger charge is 2.18. The van der Waals surface area contributed by atoms with E-state index in [0.717, 1.165) is 0 Å². The number of ether oxygens (including phenoxy) is 2. The molecule has 1 atom stereocenters. The molecule has 0 rings (SSSR count). The molecule has 0 radical (unpaired) electrons. The molecule has 0 aliphatic rings. The fourth-order valence-electron chi connectivity index (χ4n) is 0.877. The minimum absolute atomic E-state index is 0.0100. The van der Waals surface area contributed by atoms with Crippen LogP contribution in [-0.2, 0) is 24.3 Å². The molecule has 0 aromatic carbocycles. The van der Waals surface area contributed by atoms with Crippen molar-refractivity contribution >= 4 is 31.9 Å². The third kappa shape index (κ3) is 8.53. The van der Waals surface area contributed by atoms with E-state index in [4.69, 9.17) is 4.74 Å². The predicted molar refractivity (Wildman–Crippen MR) is 67.6 cm³/mol. The van der Waals surface area contributed by atoms with Crippen LogP contribution in [0.4, 0.5) is 0 Å². The first-order chi connectivity index (χ1) is 7.78. The smallest absolute Gasteiger partial charge is 0.320 e. The Hall–Kier alpha value is -0.180. The Morgan fingerprint density at radius 3 is 2.47 bits per heavy atom. The number of carbonyl (C=O) groups is 1. The molecule has 8 heteroatoms. The summed E-state index contributed by atoms with van der Waals surface area (Å²) < 4.78 is 34.8. The highest BCUT2D eigenvalue weighted by molar-refractivity contribution is 9.10. The molecule has 0 heterocycles. The Morgan fingerprint density at radius 1 is 1.41 bits per heavy atom. The largest absolute Gasteiger partial charge is 0.468 e. The normalized spacial score (nSPS) is 13.7. The second-order valence-corrected chi connectivity index (χ2v) is 6.61. The molecule has 1 N–H and O–H groups in total. The van der Waals surface area contributed by atoms with E-state index in [-0.39, 0.29) is 25.0 Å². The third-order valence-electron chi connectivity index (χ3n) is 1.74. The minimum atomic E-state index is -3.43. The predicted octanol–water partition coefficient (Wildman–Crippen LogP) is 0.267. The number of rotatable bonds is 8. The molecular weight excluding hydrogens is 314 g/mol. The van der Waals surface area contributed by atoms with Crippen molar-refractivity contribution in [1.82, 2.24) is 4.72 Å². The monoisotopic (exact) mass is 331 g/mol. The molecule has 0 amide bonds. The van der Waals surface area contributed by atoms with E-state index < -0.39 is 20.8 Å². The Kier molecular flexibility index (Phi) is 7.93. The molecule has 1 unspecified atom stereocenters. The van der Waals surface area contributed by atoms with E-state index in [9.17, 15) is 13.2 Å². The summed E-state index contributed by atoms with van der Waals surface area (Å²) in [6.07, 6.45) is -0.0100. The Labute approximate surface area is 110 Å². The van der Waals surface area contributed by atoms with E-state index in [1.54, 1.807) is 0 Å². The van der Waals surface area contributed by atoms with Gasteiger partial charge in [0.2, 0.25) is 10.0 Å². The summed E-state index contributed by atoms with van der Waals surface area (Å²) in [6.45, 7) is 3.73. The van der Waals surface area contributed by atoms with Crippen LogP contribution in [0, 0.1) is 0 Å². The van der Waals surface area contributed by atoms with E-state index in [2.05, 4.69) is 25.4 Å². The number of nitrogens with one attached hydrogen (secondary N) is 1. The van der Waals surface area contributed by atoms with Gasteiger partial charge in [0.15, 0.2) is 0 Å². The van der Waals surface area contributed by atoms with Crippen LogP contribution in [0.1, 0.15) is 13.8 Å². The standard InChI is InChI=1S/C9H18BrNO5S/c1-7(2)16-4-5-17(13,14)11-6-8(10)9(12)15-3/h7-8,11H,4-6H2,1-3H3. The first kappa shape index (κ1) is 16.8. The van der Waals surface area contributed by atoms with Crippen LogP contribution in [0.5, 0.6) is 0 Å². The van der Waals surface area contributed by atoms with Gasteiger partial charge in [-0.1, -0.05) is 15.9 Å². The van der Waals surface area contributed by atoms with Crippen molar-refractivity contribution in [2.24, 2.45) is 0 Å². The van der Waals surface area contributed by atoms with Crippen molar-refractivity contribution in [3.8, 4) is 0 Å². The molecular formula is C9H18BrNO5S. The van der Waals surface area contributed by atoms with Crippen molar-refractivity contribution in [2.75, 3.05) is 26.0 Å². The summed E-state index contributed by atoms with van der Waals surface area (Å²) in [5.41, 5.74) is 0. The molecule has 0 aromatic rings. The number of carbonyl (C=O) groups excluding carboxylic acids is 1. The van der Waals surface area contributed by atoms with Gasteiger partial charge in [0.25, 0.3) is 0 Å². The lowest BCUT2D eigenvalue weighted by atomic mass is 10.4. The van der Waals surface area contributed by atoms with Crippen LogP contribution in [0.3, 0.4) is 0 Å². The quantitative estimate of drug-likeness (QED) is 0.510. The molecule has 0 aliphatic heterocycles. The van der Waals surface area contributed by atoms with Gasteiger partial charge in [0.1, 0.15) is 4.83 Å². The van der Waals surface area contributed by atoms with Gasteiger partial charge < -0.3 is 9.47 Å². The number of alkyl halides is 1. The molecule has 0 saturated carbocycles. The average molecular weight is 332 g/mol. The number of methoxy groups -OCH3 is 1. The first-order valence-corrected chi connectivity index (χ1v) is 7.66. The van der Waals surface area contributed by atoms with E-state index in [0.29, 0.717) is 0 Å². The highest BCUT2D eigenvalue weighted by atomic mass is 79.9. The highest BCUT2D eigenvalue weighted by Crippen LogP contribution is 2.01. The van der Waals surface area contributed by atoms with Gasteiger partial charge >= 0.3 is 5.97 Å². The number of halogens is 1. The van der Waals surface area contributed by atoms with Crippen LogP contribution in [0.2, 0.25) is 0 Å². The maximum Gasteiger partial charge on any atom is 0.320 e. The summed E-state index contributed by atoms with van der Waals surface area (Å²) in [5.74, 6) is -0.655. The van der Waals surface area contributed by atoms with Crippen molar-refractivity contribution in [3.63, 3.8) is 0 Å². The van der Waals surface area contributed by atoms with Gasteiger partial charge in [-0.2, -0.15) is 0 Å². The maximum absolute atomic E-state index is 11.5. The molecule has 102 valence electrons. The SMILES string of the molecule is COC(=O)C(Br)CNS(=O)(=O)CCOC(C)C. The Balaban J connectivity index is 3.97. The maximum atomic E-state index is 11.5. The van der Waals surface area contributed by atoms with Crippen LogP contribution < -0.4 is 4.72 Å². The summed E-state index contributed by atoms with van der Waals surface area (Å²) >= 11 is 3.01. The van der Waals surface area contributed by atoms with Crippen molar-refractivity contribution in [3.05, 3.63) is 0 Å². The number of hydrogen-bond acceptors (Lipinski definition) is 5. The van der Waals surface area contributed by atoms with Crippen LogP contribution in [0.25, 0.3) is 0 Å². The second-order valence-electron chi connectivity index (χ2n) is 3.58. The number of hydrogen-bond donors (Lipinski definition) is 1. The molecule has 0 fully saturated rings. The van der Waals surface area contributed by atoms with Crippen LogP contribution in [0.15, 0.2) is 0 Å². The summed E-state index contributed by atoms with van der Waals surface area (Å²) in [5, 5.41) is 0. The summed E-state index contributed by atoms with van der Waals surface area (Å²) in [7, 11) is -2.19. The lowest BCUT2D eigenvalue weighted by molar-refractivity contribution is -0.139. The second kappa shape index (κ2) is 8.02. The lowest BCUT2D eigenvalue weighted by Gasteiger charge is -2.11. The van der Waals surface area contributed by atoms with Gasteiger partial charge in [-0.25, -0.2) is 13.1 Å². The molecule has 0 aromatic heterocycles. The molecule has 6 nitrogen and oxygen atoms in total. The minimum Gasteiger partial charge on any atom is -0.468 e. The molecule has 0 aliphatic carbocycles. The van der Waals surface area contributed by atoms with Gasteiger partial charge in [-0.15, -0.1) is 0 Å². The molecule has 0 bridgehead atoms. The summed E-state index contributed by atoms with van der Waals surface area (Å²) in [6, 6.07) is 0. The van der Waals surface area contributed by atoms with Gasteiger partial charge in [0, 0.05) is 6.54 Å². The summed E-state index contributed by atoms with van der Waals surface area (Å²) in [4.78, 5) is 10.3. The van der Waals surface area contributed by atoms with E-state index >= 15 is 0 Å². The zero-order valence-corrected chi connectivity index (χ0v) is 12.5. The van der Waals surface area contributed by atoms with Crippen molar-refractivity contribution < 1.29 is 22.7 Å². The Bertz CT molecular complexity index is 330. The fourth-order valence-corrected chi connectivity index (χ4v) is 2.32. The van der Waals surface area contributed by atoms with Crippen molar-refractivity contribution in [2.45, 2.75) is 24.8 Å². The lowest BCUT2D eigenvalue weighted by Crippen LogP contribution is -2.36. The van der Waals surface area contributed by atoms with Crippen molar-refractivity contribution in [1.29, 1.82) is 0 Å². The van der Waals surface area contributed by atoms with E-state index in [1.165, 1.54) is 7.11 Å². The molecule has 17 heavy (non-hydrogen) atoms. The number of esters is 1. The van der Waals surface area contributed by atoms with Crippen LogP contribution in [-0.4, -0.2) is 51.3 Å². The number of sulfonamides is 1. The third-order valence-corrected chi connectivity index (χ3v) is 3.75. The first-order valence-electron chi connectivity index (χ1n) is 5.09. The Morgan fingerprint density at radius 2 is 2.00 bits per heavy atom. The van der Waals surface area contributed by atoms with Gasteiger partial charge in [-0.3, -0.25) is 4.79 Å². The van der Waals surface area contributed by atoms with Crippen LogP contribution >= 0.6 is 15.9 Å². The van der Waals surface area contributed by atoms with Gasteiger partial charge in [0.05, 0.1) is 25.6 Å². The fraction of sp³-hybridized carbons (Fsp3) is 0.889. The topological polar surface area (TPSA) is 81.7 Å². The van der Waals surface area contributed by atoms with Gasteiger partial charge in [-0.05, 0) is 13.8 Å². The zero-order valence-electron chi connectivity index (χ0n) is 10.1. The zero-order chi connectivity index (χ0) is 13.5. The average Bonchev–Trinajstić information content (AvgIpc) is 2.24. The molecule has 0 saturated heterocycles. The van der Waals surface area contributed by atoms with E-state index in [1.807, 2.05) is 13.8 Å².